The fourth-order valence-electron chi connectivity index (χ4n) is 0.578. The van der Waals surface area contributed by atoms with Crippen LogP contribution in [-0.4, -0.2) is 62.3 Å². The predicted molar refractivity (Wildman–Crippen MR) is 65.0 cm³/mol. The summed E-state index contributed by atoms with van der Waals surface area (Å²) in [5, 5.41) is 15.0. The van der Waals surface area contributed by atoms with Crippen molar-refractivity contribution in [1.82, 2.24) is 0 Å². The lowest BCUT2D eigenvalue weighted by Gasteiger charge is -1.99. The predicted octanol–water partition coefficient (Wildman–Crippen LogP) is -0.264. The molecule has 2 N–H and O–H groups in total. The van der Waals surface area contributed by atoms with Crippen molar-refractivity contribution in [3.63, 3.8) is 0 Å². The number of hydrogen-bond acceptors (Lipinski definition) is 7. The van der Waals surface area contributed by atoms with Crippen LogP contribution < -0.4 is 0 Å². The van der Waals surface area contributed by atoms with Crippen LogP contribution in [0.1, 0.15) is 20.8 Å². The van der Waals surface area contributed by atoms with Crippen LogP contribution in [-0.2, 0) is 23.8 Å². The van der Waals surface area contributed by atoms with Crippen molar-refractivity contribution >= 4 is 11.9 Å². The molecule has 0 bridgehead atoms. The maximum atomic E-state index is 10.1. The van der Waals surface area contributed by atoms with Crippen molar-refractivity contribution in [3.05, 3.63) is 0 Å². The Morgan fingerprint density at radius 3 is 1.67 bits per heavy atom. The van der Waals surface area contributed by atoms with Gasteiger partial charge in [-0.2, -0.15) is 0 Å². The Kier molecular flexibility index (Phi) is 25.9. The first-order valence-electron chi connectivity index (χ1n) is 5.44. The second-order valence-corrected chi connectivity index (χ2v) is 2.60. The first kappa shape index (κ1) is 22.0. The van der Waals surface area contributed by atoms with Gasteiger partial charge >= 0.3 is 11.9 Å². The number of rotatable bonds is 6. The highest BCUT2D eigenvalue weighted by atomic mass is 16.6. The van der Waals surface area contributed by atoms with Crippen LogP contribution in [0.3, 0.4) is 0 Å². The minimum atomic E-state index is -0.353. The van der Waals surface area contributed by atoms with Gasteiger partial charge < -0.3 is 24.4 Å². The second kappa shape index (κ2) is 21.1. The smallest absolute Gasteiger partial charge is 0.302 e. The summed E-state index contributed by atoms with van der Waals surface area (Å²) in [5.74, 6) is -0.608. The summed E-state index contributed by atoms with van der Waals surface area (Å²) in [7, 11) is 1.00. The van der Waals surface area contributed by atoms with Crippen LogP contribution in [0.4, 0.5) is 0 Å². The molecule has 0 unspecified atom stereocenters. The van der Waals surface area contributed by atoms with Crippen molar-refractivity contribution in [1.29, 1.82) is 0 Å². The molecular weight excluding hydrogens is 244 g/mol. The molecule has 0 aromatic heterocycles. The average molecular weight is 268 g/mol. The van der Waals surface area contributed by atoms with Crippen LogP contribution in [0.15, 0.2) is 0 Å². The monoisotopic (exact) mass is 268 g/mol. The Bertz CT molecular complexity index is 182. The molecule has 0 spiro atoms. The van der Waals surface area contributed by atoms with E-state index in [1.807, 2.05) is 6.92 Å². The van der Waals surface area contributed by atoms with Crippen molar-refractivity contribution < 1.29 is 34.0 Å². The molecule has 0 aromatic carbocycles. The minimum Gasteiger partial charge on any atom is -0.463 e. The van der Waals surface area contributed by atoms with Gasteiger partial charge in [-0.1, -0.05) is 0 Å². The molecule has 0 rings (SSSR count). The molecule has 0 fully saturated rings. The van der Waals surface area contributed by atoms with Gasteiger partial charge in [0.1, 0.15) is 13.2 Å². The van der Waals surface area contributed by atoms with E-state index >= 15 is 0 Å². The maximum absolute atomic E-state index is 10.1. The molecule has 0 aliphatic rings. The second-order valence-electron chi connectivity index (χ2n) is 2.60. The molecule has 0 amide bonds. The lowest BCUT2D eigenvalue weighted by molar-refractivity contribution is -0.143. The molecule has 0 aliphatic carbocycles. The third kappa shape index (κ3) is 36.4. The molecule has 110 valence electrons. The topological polar surface area (TPSA) is 102 Å². The molecule has 0 heterocycles. The van der Waals surface area contributed by atoms with Gasteiger partial charge in [0.05, 0.1) is 13.2 Å². The van der Waals surface area contributed by atoms with Gasteiger partial charge in [-0.05, 0) is 6.92 Å². The maximum Gasteiger partial charge on any atom is 0.302 e. The van der Waals surface area contributed by atoms with Crippen LogP contribution in [0.25, 0.3) is 0 Å². The highest BCUT2D eigenvalue weighted by Crippen LogP contribution is 1.77. The normalized spacial score (nSPS) is 8.11. The molecule has 0 atom stereocenters. The summed E-state index contributed by atoms with van der Waals surface area (Å²) >= 11 is 0. The van der Waals surface area contributed by atoms with Crippen LogP contribution in [0.5, 0.6) is 0 Å². The number of hydrogen-bond donors (Lipinski definition) is 2. The molecule has 0 aliphatic heterocycles. The summed E-state index contributed by atoms with van der Waals surface area (Å²) in [5.41, 5.74) is 0. The van der Waals surface area contributed by atoms with Gasteiger partial charge in [-0.15, -0.1) is 0 Å². The quantitative estimate of drug-likeness (QED) is 0.505. The third-order valence-electron chi connectivity index (χ3n) is 1.13. The highest BCUT2D eigenvalue weighted by molar-refractivity contribution is 5.66. The van der Waals surface area contributed by atoms with E-state index in [1.54, 1.807) is 0 Å². The van der Waals surface area contributed by atoms with Gasteiger partial charge in [-0.3, -0.25) is 9.59 Å². The minimum absolute atomic E-state index is 0.0976. The lowest BCUT2D eigenvalue weighted by atomic mass is 10.7. The average Bonchev–Trinajstić information content (AvgIpc) is 2.35. The van der Waals surface area contributed by atoms with E-state index in [0.717, 1.165) is 7.11 Å². The molecular formula is C11H24O7. The Morgan fingerprint density at radius 1 is 0.944 bits per heavy atom. The number of ether oxygens (including phenoxy) is 3. The Morgan fingerprint density at radius 2 is 1.39 bits per heavy atom. The van der Waals surface area contributed by atoms with Gasteiger partial charge in [0.25, 0.3) is 0 Å². The summed E-state index contributed by atoms with van der Waals surface area (Å²) in [6.45, 7) is 6.12. The zero-order valence-corrected chi connectivity index (χ0v) is 11.5. The first-order valence-corrected chi connectivity index (χ1v) is 5.44. The molecule has 0 radical (unpaired) electrons. The van der Waals surface area contributed by atoms with E-state index < -0.39 is 0 Å². The number of aliphatic hydroxyl groups is 2. The van der Waals surface area contributed by atoms with E-state index in [-0.39, 0.29) is 25.2 Å². The molecule has 0 saturated heterocycles. The fourth-order valence-corrected chi connectivity index (χ4v) is 0.578. The zero-order chi connectivity index (χ0) is 14.8. The van der Waals surface area contributed by atoms with E-state index in [4.69, 9.17) is 14.9 Å². The number of aliphatic hydroxyl groups excluding tert-OH is 2. The SMILES string of the molecule is CC(=O)OCCO.CCOCCOC(C)=O.CO. The third-order valence-corrected chi connectivity index (χ3v) is 1.13. The lowest BCUT2D eigenvalue weighted by Crippen LogP contribution is -2.06. The molecule has 18 heavy (non-hydrogen) atoms. The molecule has 7 heteroatoms. The highest BCUT2D eigenvalue weighted by Gasteiger charge is 1.89. The molecule has 0 saturated carbocycles. The van der Waals surface area contributed by atoms with Crippen molar-refractivity contribution in [3.8, 4) is 0 Å². The largest absolute Gasteiger partial charge is 0.463 e. The van der Waals surface area contributed by atoms with Gasteiger partial charge in [0.15, 0.2) is 0 Å². The molecule has 7 nitrogen and oxygen atoms in total. The molecule has 0 aromatic rings. The number of esters is 2. The Balaban J connectivity index is -0.000000225. The van der Waals surface area contributed by atoms with E-state index in [9.17, 15) is 9.59 Å². The summed E-state index contributed by atoms with van der Waals surface area (Å²) in [6, 6.07) is 0. The van der Waals surface area contributed by atoms with E-state index in [2.05, 4.69) is 9.47 Å². The van der Waals surface area contributed by atoms with Crippen molar-refractivity contribution in [2.45, 2.75) is 20.8 Å². The standard InChI is InChI=1S/C6H12O3.C4H8O3.CH4O/c1-3-8-4-5-9-6(2)7;1-4(6)7-3-2-5;1-2/h3-5H2,1-2H3;5H,2-3H2,1H3;2H,1H3. The number of carbonyl (C=O) groups excluding carboxylic acids is 2. The van der Waals surface area contributed by atoms with Crippen LogP contribution in [0, 0.1) is 0 Å². The van der Waals surface area contributed by atoms with Crippen LogP contribution >= 0.6 is 0 Å². The Labute approximate surface area is 108 Å². The van der Waals surface area contributed by atoms with Crippen molar-refractivity contribution in [2.75, 3.05) is 40.1 Å². The fraction of sp³-hybridized carbons (Fsp3) is 0.818. The van der Waals surface area contributed by atoms with Crippen LogP contribution in [0.2, 0.25) is 0 Å². The summed E-state index contributed by atoms with van der Waals surface area (Å²) < 4.78 is 13.8. The summed E-state index contributed by atoms with van der Waals surface area (Å²) in [4.78, 5) is 20.0. The van der Waals surface area contributed by atoms with Gasteiger partial charge in [0, 0.05) is 27.6 Å². The van der Waals surface area contributed by atoms with Crippen molar-refractivity contribution in [2.24, 2.45) is 0 Å². The summed E-state index contributed by atoms with van der Waals surface area (Å²) in [6.07, 6.45) is 0. The first-order chi connectivity index (χ1) is 8.54. The van der Waals surface area contributed by atoms with E-state index in [1.165, 1.54) is 13.8 Å². The van der Waals surface area contributed by atoms with E-state index in [0.29, 0.717) is 19.8 Å². The van der Waals surface area contributed by atoms with Gasteiger partial charge in [-0.25, -0.2) is 0 Å². The van der Waals surface area contributed by atoms with Gasteiger partial charge in [0.2, 0.25) is 0 Å². The number of carbonyl (C=O) groups is 2. The zero-order valence-electron chi connectivity index (χ0n) is 11.5. The Hall–Kier alpha value is -1.18.